The third-order valence-electron chi connectivity index (χ3n) is 2.71. The van der Waals surface area contributed by atoms with Crippen molar-refractivity contribution in [2.75, 3.05) is 7.05 Å². The summed E-state index contributed by atoms with van der Waals surface area (Å²) in [6.07, 6.45) is 1.37. The molecule has 0 aliphatic carbocycles. The minimum atomic E-state index is -0.223. The smallest absolute Gasteiger partial charge is 0.255 e. The van der Waals surface area contributed by atoms with Crippen molar-refractivity contribution < 1.29 is 4.79 Å². The van der Waals surface area contributed by atoms with Crippen LogP contribution >= 0.6 is 34.8 Å². The zero-order valence-electron chi connectivity index (χ0n) is 10.6. The van der Waals surface area contributed by atoms with Gasteiger partial charge in [0.05, 0.1) is 10.6 Å². The number of aromatic nitrogens is 1. The molecular formula is C14H11Cl3N2O. The molecule has 1 aromatic heterocycles. The average molecular weight is 330 g/mol. The predicted octanol–water partition coefficient (Wildman–Crippen LogP) is 4.31. The summed E-state index contributed by atoms with van der Waals surface area (Å²) in [5, 5.41) is 1.14. The molecule has 0 atom stereocenters. The van der Waals surface area contributed by atoms with Gasteiger partial charge in [-0.05, 0) is 23.8 Å². The molecule has 1 amide bonds. The summed E-state index contributed by atoms with van der Waals surface area (Å²) < 4.78 is 0. The number of nitrogens with zero attached hydrogens (tertiary/aromatic N) is 2. The number of benzene rings is 1. The molecular weight excluding hydrogens is 319 g/mol. The number of amides is 1. The summed E-state index contributed by atoms with van der Waals surface area (Å²) in [7, 11) is 1.69. The van der Waals surface area contributed by atoms with Crippen LogP contribution in [0.1, 0.15) is 15.9 Å². The summed E-state index contributed by atoms with van der Waals surface area (Å²) in [6, 6.07) is 8.79. The van der Waals surface area contributed by atoms with Crippen LogP contribution in [-0.2, 0) is 6.54 Å². The number of carbonyl (C=O) groups is 1. The maximum Gasteiger partial charge on any atom is 0.255 e. The molecule has 6 heteroatoms. The maximum atomic E-state index is 12.3. The van der Waals surface area contributed by atoms with E-state index in [2.05, 4.69) is 4.98 Å². The van der Waals surface area contributed by atoms with Crippen molar-refractivity contribution in [2.45, 2.75) is 6.54 Å². The van der Waals surface area contributed by atoms with E-state index in [1.807, 2.05) is 18.2 Å². The van der Waals surface area contributed by atoms with E-state index in [0.29, 0.717) is 17.1 Å². The molecule has 0 fully saturated rings. The average Bonchev–Trinajstić information content (AvgIpc) is 2.40. The summed E-state index contributed by atoms with van der Waals surface area (Å²) in [4.78, 5) is 17.7. The topological polar surface area (TPSA) is 33.2 Å². The van der Waals surface area contributed by atoms with Crippen molar-refractivity contribution in [3.05, 3.63) is 62.9 Å². The number of carbonyl (C=O) groups excluding carboxylic acids is 1. The normalized spacial score (nSPS) is 10.4. The second-order valence-electron chi connectivity index (χ2n) is 4.28. The number of hydrogen-bond acceptors (Lipinski definition) is 2. The fraction of sp³-hybridized carbons (Fsp3) is 0.143. The lowest BCUT2D eigenvalue weighted by Gasteiger charge is -2.18. The lowest BCUT2D eigenvalue weighted by atomic mass is 10.2. The zero-order valence-corrected chi connectivity index (χ0v) is 12.9. The molecule has 0 saturated heterocycles. The molecule has 0 saturated carbocycles. The number of rotatable bonds is 3. The molecule has 0 N–H and O–H groups in total. The molecule has 104 valence electrons. The maximum absolute atomic E-state index is 12.3. The predicted molar refractivity (Wildman–Crippen MR) is 81.5 cm³/mol. The second kappa shape index (κ2) is 6.44. The third-order valence-corrected chi connectivity index (χ3v) is 3.45. The highest BCUT2D eigenvalue weighted by Crippen LogP contribution is 2.20. The monoisotopic (exact) mass is 328 g/mol. The number of pyridine rings is 1. The van der Waals surface area contributed by atoms with Gasteiger partial charge in [-0.15, -0.1) is 0 Å². The Labute approximate surface area is 132 Å². The summed E-state index contributed by atoms with van der Waals surface area (Å²) >= 11 is 17.7. The van der Waals surface area contributed by atoms with E-state index < -0.39 is 0 Å². The molecule has 1 heterocycles. The fourth-order valence-corrected chi connectivity index (χ4v) is 2.32. The van der Waals surface area contributed by atoms with Crippen LogP contribution in [0.4, 0.5) is 0 Å². The summed E-state index contributed by atoms with van der Waals surface area (Å²) in [5.74, 6) is -0.223. The fourth-order valence-electron chi connectivity index (χ4n) is 1.76. The van der Waals surface area contributed by atoms with Gasteiger partial charge >= 0.3 is 0 Å². The molecule has 2 aromatic rings. The van der Waals surface area contributed by atoms with Crippen LogP contribution < -0.4 is 0 Å². The van der Waals surface area contributed by atoms with Gasteiger partial charge in [0, 0.05) is 24.8 Å². The Morgan fingerprint density at radius 1 is 1.25 bits per heavy atom. The summed E-state index contributed by atoms with van der Waals surface area (Å²) in [6.45, 7) is 0.426. The molecule has 2 rings (SSSR count). The van der Waals surface area contributed by atoms with Crippen molar-refractivity contribution in [3.63, 3.8) is 0 Å². The SMILES string of the molecule is CN(Cc1cccc(Cl)c1)C(=O)c1cc(Cl)ncc1Cl. The Balaban J connectivity index is 2.18. The minimum absolute atomic E-state index is 0.223. The largest absolute Gasteiger partial charge is 0.337 e. The van der Waals surface area contributed by atoms with Gasteiger partial charge < -0.3 is 4.90 Å². The van der Waals surface area contributed by atoms with Crippen molar-refractivity contribution >= 4 is 40.7 Å². The number of halogens is 3. The Hall–Kier alpha value is -1.29. The molecule has 0 bridgehead atoms. The third kappa shape index (κ3) is 3.63. The van der Waals surface area contributed by atoms with Crippen LogP contribution in [0.3, 0.4) is 0 Å². The van der Waals surface area contributed by atoms with Crippen LogP contribution in [0.15, 0.2) is 36.5 Å². The van der Waals surface area contributed by atoms with Gasteiger partial charge in [0.25, 0.3) is 5.91 Å². The Morgan fingerprint density at radius 3 is 2.70 bits per heavy atom. The van der Waals surface area contributed by atoms with E-state index >= 15 is 0 Å². The highest BCUT2D eigenvalue weighted by atomic mass is 35.5. The minimum Gasteiger partial charge on any atom is -0.337 e. The molecule has 0 aliphatic heterocycles. The first kappa shape index (κ1) is 15.1. The first-order chi connectivity index (χ1) is 9.47. The van der Waals surface area contributed by atoms with E-state index in [0.717, 1.165) is 5.56 Å². The van der Waals surface area contributed by atoms with Crippen LogP contribution in [0, 0.1) is 0 Å². The Morgan fingerprint density at radius 2 is 2.00 bits per heavy atom. The molecule has 20 heavy (non-hydrogen) atoms. The standard InChI is InChI=1S/C14H11Cl3N2O/c1-19(8-9-3-2-4-10(15)5-9)14(20)11-6-13(17)18-7-12(11)16/h2-7H,8H2,1H3. The first-order valence-corrected chi connectivity index (χ1v) is 6.91. The first-order valence-electron chi connectivity index (χ1n) is 5.78. The van der Waals surface area contributed by atoms with E-state index in [1.54, 1.807) is 18.0 Å². The van der Waals surface area contributed by atoms with Crippen LogP contribution in [0.5, 0.6) is 0 Å². The van der Waals surface area contributed by atoms with E-state index in [4.69, 9.17) is 34.8 Å². The molecule has 3 nitrogen and oxygen atoms in total. The van der Waals surface area contributed by atoms with Crippen molar-refractivity contribution in [2.24, 2.45) is 0 Å². The molecule has 0 aliphatic rings. The molecule has 0 radical (unpaired) electrons. The molecule has 1 aromatic carbocycles. The van der Waals surface area contributed by atoms with Crippen molar-refractivity contribution in [3.8, 4) is 0 Å². The van der Waals surface area contributed by atoms with Gasteiger partial charge in [0.15, 0.2) is 0 Å². The van der Waals surface area contributed by atoms with Gasteiger partial charge in [-0.2, -0.15) is 0 Å². The van der Waals surface area contributed by atoms with Crippen LogP contribution in [-0.4, -0.2) is 22.8 Å². The van der Waals surface area contributed by atoms with Gasteiger partial charge in [-0.3, -0.25) is 4.79 Å². The lowest BCUT2D eigenvalue weighted by Crippen LogP contribution is -2.26. The van der Waals surface area contributed by atoms with E-state index in [1.165, 1.54) is 12.3 Å². The number of hydrogen-bond donors (Lipinski definition) is 0. The van der Waals surface area contributed by atoms with Gasteiger partial charge in [0.2, 0.25) is 0 Å². The van der Waals surface area contributed by atoms with E-state index in [-0.39, 0.29) is 16.1 Å². The van der Waals surface area contributed by atoms with Crippen LogP contribution in [0.25, 0.3) is 0 Å². The lowest BCUT2D eigenvalue weighted by molar-refractivity contribution is 0.0785. The van der Waals surface area contributed by atoms with Crippen molar-refractivity contribution in [1.82, 2.24) is 9.88 Å². The quantitative estimate of drug-likeness (QED) is 0.786. The van der Waals surface area contributed by atoms with Gasteiger partial charge in [0.1, 0.15) is 5.15 Å². The van der Waals surface area contributed by atoms with Gasteiger partial charge in [-0.25, -0.2) is 4.98 Å². The highest BCUT2D eigenvalue weighted by Gasteiger charge is 2.16. The summed E-state index contributed by atoms with van der Waals surface area (Å²) in [5.41, 5.74) is 1.26. The van der Waals surface area contributed by atoms with Crippen LogP contribution in [0.2, 0.25) is 15.2 Å². The zero-order chi connectivity index (χ0) is 14.7. The Kier molecular flexibility index (Phi) is 4.86. The highest BCUT2D eigenvalue weighted by molar-refractivity contribution is 6.35. The Bertz CT molecular complexity index is 646. The second-order valence-corrected chi connectivity index (χ2v) is 5.51. The molecule has 0 spiro atoms. The van der Waals surface area contributed by atoms with Crippen molar-refractivity contribution in [1.29, 1.82) is 0 Å². The molecule has 0 unspecified atom stereocenters. The van der Waals surface area contributed by atoms with Gasteiger partial charge in [-0.1, -0.05) is 46.9 Å². The van der Waals surface area contributed by atoms with E-state index in [9.17, 15) is 4.79 Å².